The smallest absolute Gasteiger partial charge is 0.0874 e. The van der Waals surface area contributed by atoms with Crippen molar-refractivity contribution in [2.75, 3.05) is 6.54 Å². The number of hydrogen-bond donors (Lipinski definition) is 2. The Kier molecular flexibility index (Phi) is 2.91. The maximum absolute atomic E-state index is 9.65. The molecule has 1 saturated heterocycles. The van der Waals surface area contributed by atoms with E-state index in [1.165, 1.54) is 0 Å². The van der Waals surface area contributed by atoms with Crippen molar-refractivity contribution in [1.29, 1.82) is 0 Å². The summed E-state index contributed by atoms with van der Waals surface area (Å²) in [6.07, 6.45) is 1.46. The van der Waals surface area contributed by atoms with Crippen LogP contribution in [-0.4, -0.2) is 27.7 Å². The molecule has 1 aliphatic rings. The highest BCUT2D eigenvalue weighted by Crippen LogP contribution is 2.24. The fourth-order valence-electron chi connectivity index (χ4n) is 2.53. The number of benzene rings is 1. The summed E-state index contributed by atoms with van der Waals surface area (Å²) in [6, 6.07) is 16.9. The van der Waals surface area contributed by atoms with E-state index in [4.69, 9.17) is 0 Å². The number of rotatable bonds is 2. The zero-order valence-electron chi connectivity index (χ0n) is 11.3. The van der Waals surface area contributed by atoms with Crippen molar-refractivity contribution < 1.29 is 5.11 Å². The molecule has 103 valence electrons. The van der Waals surface area contributed by atoms with Gasteiger partial charge in [-0.25, -0.2) is 4.98 Å². The lowest BCUT2D eigenvalue weighted by Crippen LogP contribution is -2.50. The van der Waals surface area contributed by atoms with Gasteiger partial charge < -0.3 is 10.4 Å². The molecular weight excluding hydrogens is 262 g/mol. The van der Waals surface area contributed by atoms with Crippen LogP contribution in [-0.2, 0) is 0 Å². The first kappa shape index (κ1) is 12.4. The molecule has 2 unspecified atom stereocenters. The molecule has 4 heteroatoms. The van der Waals surface area contributed by atoms with Crippen LogP contribution >= 0.6 is 0 Å². The van der Waals surface area contributed by atoms with Crippen LogP contribution in [0.15, 0.2) is 48.7 Å². The lowest BCUT2D eigenvalue weighted by atomic mass is 9.99. The topological polar surface area (TPSA) is 58.0 Å². The molecule has 1 aliphatic heterocycles. The zero-order valence-corrected chi connectivity index (χ0v) is 11.3. The molecule has 2 N–H and O–H groups in total. The monoisotopic (exact) mass is 276 g/mol. The third-order valence-electron chi connectivity index (χ3n) is 3.84. The number of para-hydroxylation sites is 1. The Morgan fingerprint density at radius 2 is 2.10 bits per heavy atom. The largest absolute Gasteiger partial charge is 0.390 e. The number of β-amino-alcohol motifs (C(OH)–C–C–N with tert-alkyl or cyclic N) is 1. The molecule has 1 aromatic carbocycles. The van der Waals surface area contributed by atoms with Crippen LogP contribution < -0.4 is 5.32 Å². The van der Waals surface area contributed by atoms with E-state index in [9.17, 15) is 5.11 Å². The predicted molar refractivity (Wildman–Crippen MR) is 80.6 cm³/mol. The van der Waals surface area contributed by atoms with Crippen molar-refractivity contribution in [1.82, 2.24) is 15.3 Å². The lowest BCUT2D eigenvalue weighted by molar-refractivity contribution is 0.0591. The SMILES string of the molecule is OC1CNC1c1ccc(-c2c[c]c3ccccc3n2)cn1. The molecule has 3 aromatic rings. The molecule has 3 heterocycles. The maximum atomic E-state index is 9.65. The zero-order chi connectivity index (χ0) is 14.2. The Hall–Kier alpha value is -2.30. The number of hydrogen-bond acceptors (Lipinski definition) is 4. The number of fused-ring (bicyclic) bond motifs is 1. The molecule has 1 fully saturated rings. The van der Waals surface area contributed by atoms with Gasteiger partial charge in [-0.05, 0) is 30.3 Å². The molecular formula is C17H14N3O. The van der Waals surface area contributed by atoms with Gasteiger partial charge >= 0.3 is 0 Å². The number of aliphatic hydroxyl groups excluding tert-OH is 1. The van der Waals surface area contributed by atoms with E-state index in [-0.39, 0.29) is 12.1 Å². The van der Waals surface area contributed by atoms with Crippen LogP contribution in [0.3, 0.4) is 0 Å². The highest BCUT2D eigenvalue weighted by atomic mass is 16.3. The standard InChI is InChI=1S/C17H14N3O/c21-16-10-19-17(16)15-8-6-12(9-18-15)14-7-5-11-3-1-2-4-13(11)20-14/h1-4,6-9,16-17,19,21H,10H2. The number of nitrogens with one attached hydrogen (secondary N) is 1. The van der Waals surface area contributed by atoms with Crippen molar-refractivity contribution in [3.8, 4) is 11.3 Å². The van der Waals surface area contributed by atoms with Gasteiger partial charge in [0.15, 0.2) is 0 Å². The summed E-state index contributed by atoms with van der Waals surface area (Å²) in [7, 11) is 0. The van der Waals surface area contributed by atoms with Gasteiger partial charge in [-0.3, -0.25) is 4.98 Å². The molecule has 2 aromatic heterocycles. The Morgan fingerprint density at radius 3 is 2.81 bits per heavy atom. The second kappa shape index (κ2) is 4.91. The van der Waals surface area contributed by atoms with Gasteiger partial charge in [0.25, 0.3) is 0 Å². The number of nitrogens with zero attached hydrogens (tertiary/aromatic N) is 2. The van der Waals surface area contributed by atoms with Crippen LogP contribution in [0.4, 0.5) is 0 Å². The van der Waals surface area contributed by atoms with Crippen LogP contribution in [0.1, 0.15) is 11.7 Å². The lowest BCUT2D eigenvalue weighted by Gasteiger charge is -2.33. The van der Waals surface area contributed by atoms with Gasteiger partial charge in [0, 0.05) is 23.7 Å². The summed E-state index contributed by atoms with van der Waals surface area (Å²) >= 11 is 0. The highest BCUT2D eigenvalue weighted by molar-refractivity contribution is 5.80. The Labute approximate surface area is 122 Å². The van der Waals surface area contributed by atoms with E-state index in [1.54, 1.807) is 6.20 Å². The van der Waals surface area contributed by atoms with E-state index >= 15 is 0 Å². The number of aliphatic hydroxyl groups is 1. The summed E-state index contributed by atoms with van der Waals surface area (Å²) in [5.41, 5.74) is 3.60. The molecule has 1 radical (unpaired) electrons. The average Bonchev–Trinajstić information content (AvgIpc) is 2.54. The van der Waals surface area contributed by atoms with E-state index in [0.29, 0.717) is 6.54 Å². The Bertz CT molecular complexity index is 785. The first-order chi connectivity index (χ1) is 10.3. The van der Waals surface area contributed by atoms with Gasteiger partial charge in [0.05, 0.1) is 29.1 Å². The fourth-order valence-corrected chi connectivity index (χ4v) is 2.53. The number of aromatic nitrogens is 2. The first-order valence-electron chi connectivity index (χ1n) is 6.96. The highest BCUT2D eigenvalue weighted by Gasteiger charge is 2.30. The minimum atomic E-state index is -0.338. The molecule has 0 bridgehead atoms. The summed E-state index contributed by atoms with van der Waals surface area (Å²) in [6.45, 7) is 0.634. The minimum Gasteiger partial charge on any atom is -0.390 e. The molecule has 4 rings (SSSR count). The van der Waals surface area contributed by atoms with Gasteiger partial charge in [-0.2, -0.15) is 0 Å². The van der Waals surface area contributed by atoms with Crippen LogP contribution in [0.2, 0.25) is 0 Å². The van der Waals surface area contributed by atoms with Crippen LogP contribution in [0.25, 0.3) is 22.2 Å². The third kappa shape index (κ3) is 2.18. The Morgan fingerprint density at radius 1 is 1.19 bits per heavy atom. The van der Waals surface area contributed by atoms with Crippen molar-refractivity contribution in [2.45, 2.75) is 12.1 Å². The summed E-state index contributed by atoms with van der Waals surface area (Å²) in [4.78, 5) is 9.06. The molecule has 4 nitrogen and oxygen atoms in total. The van der Waals surface area contributed by atoms with Crippen molar-refractivity contribution in [3.05, 3.63) is 60.4 Å². The van der Waals surface area contributed by atoms with Gasteiger partial charge in [-0.15, -0.1) is 0 Å². The maximum Gasteiger partial charge on any atom is 0.0874 e. The molecule has 0 saturated carbocycles. The van der Waals surface area contributed by atoms with Crippen molar-refractivity contribution in [2.24, 2.45) is 0 Å². The van der Waals surface area contributed by atoms with E-state index in [2.05, 4.69) is 21.4 Å². The third-order valence-corrected chi connectivity index (χ3v) is 3.84. The second-order valence-electron chi connectivity index (χ2n) is 5.23. The van der Waals surface area contributed by atoms with Crippen molar-refractivity contribution in [3.63, 3.8) is 0 Å². The fraction of sp³-hybridized carbons (Fsp3) is 0.176. The Balaban J connectivity index is 1.68. The van der Waals surface area contributed by atoms with Gasteiger partial charge in [-0.1, -0.05) is 18.2 Å². The van der Waals surface area contributed by atoms with E-state index < -0.39 is 0 Å². The quantitative estimate of drug-likeness (QED) is 0.752. The minimum absolute atomic E-state index is 0.0461. The van der Waals surface area contributed by atoms with E-state index in [0.717, 1.165) is 27.9 Å². The van der Waals surface area contributed by atoms with E-state index in [1.807, 2.05) is 42.5 Å². The predicted octanol–water partition coefficient (Wildman–Crippen LogP) is 2.10. The average molecular weight is 276 g/mol. The molecule has 0 aliphatic carbocycles. The summed E-state index contributed by atoms with van der Waals surface area (Å²) in [5, 5.41) is 13.8. The molecule has 0 amide bonds. The normalized spacial score (nSPS) is 21.2. The molecule has 0 spiro atoms. The van der Waals surface area contributed by atoms with Gasteiger partial charge in [0.2, 0.25) is 0 Å². The summed E-state index contributed by atoms with van der Waals surface area (Å²) < 4.78 is 0. The molecule has 2 atom stereocenters. The number of pyridine rings is 2. The molecule has 21 heavy (non-hydrogen) atoms. The summed E-state index contributed by atoms with van der Waals surface area (Å²) in [5.74, 6) is 0. The first-order valence-corrected chi connectivity index (χ1v) is 6.96. The second-order valence-corrected chi connectivity index (χ2v) is 5.23. The van der Waals surface area contributed by atoms with Crippen molar-refractivity contribution >= 4 is 10.9 Å². The van der Waals surface area contributed by atoms with Gasteiger partial charge in [0.1, 0.15) is 0 Å². The van der Waals surface area contributed by atoms with Crippen LogP contribution in [0, 0.1) is 6.07 Å². The van der Waals surface area contributed by atoms with Crippen LogP contribution in [0.5, 0.6) is 0 Å².